The molecule has 0 aliphatic heterocycles. The molecule has 0 radical (unpaired) electrons. The van der Waals surface area contributed by atoms with Gasteiger partial charge in [-0.2, -0.15) is 0 Å². The number of anilines is 1. The van der Waals surface area contributed by atoms with Crippen molar-refractivity contribution in [1.82, 2.24) is 0 Å². The maximum atomic E-state index is 10.3. The monoisotopic (exact) mass is 242 g/mol. The summed E-state index contributed by atoms with van der Waals surface area (Å²) >= 11 is 0. The van der Waals surface area contributed by atoms with Gasteiger partial charge in [-0.25, -0.2) is 0 Å². The molecule has 0 saturated carbocycles. The van der Waals surface area contributed by atoms with Gasteiger partial charge >= 0.3 is 0 Å². The third-order valence-corrected chi connectivity index (χ3v) is 2.63. The zero-order valence-corrected chi connectivity index (χ0v) is 9.84. The molecule has 0 bridgehead atoms. The third kappa shape index (κ3) is 3.31. The van der Waals surface area contributed by atoms with E-state index in [9.17, 15) is 10.0 Å². The van der Waals surface area contributed by atoms with Crippen molar-refractivity contribution in [2.45, 2.75) is 6.42 Å². The van der Waals surface area contributed by atoms with E-state index in [2.05, 4.69) is 10.5 Å². The average Bonchev–Trinajstić information content (AvgIpc) is 2.40. The second-order valence-electron chi connectivity index (χ2n) is 3.98. The lowest BCUT2D eigenvalue weighted by atomic mass is 10.1. The van der Waals surface area contributed by atoms with Gasteiger partial charge < -0.3 is 10.4 Å². The summed E-state index contributed by atoms with van der Waals surface area (Å²) in [7, 11) is 0. The van der Waals surface area contributed by atoms with Crippen LogP contribution >= 0.6 is 0 Å². The first kappa shape index (κ1) is 12.1. The SMILES string of the molecule is O=Nc1ccc(CCNc2cccc(O)c2)cc1. The number of nitrogens with zero attached hydrogens (tertiary/aromatic N) is 1. The molecule has 2 aromatic rings. The Balaban J connectivity index is 1.86. The van der Waals surface area contributed by atoms with Gasteiger partial charge in [0.1, 0.15) is 11.4 Å². The van der Waals surface area contributed by atoms with Crippen molar-refractivity contribution in [1.29, 1.82) is 0 Å². The fraction of sp³-hybridized carbons (Fsp3) is 0.143. The number of phenolic OH excluding ortho intramolecular Hbond substituents is 1. The van der Waals surface area contributed by atoms with E-state index >= 15 is 0 Å². The summed E-state index contributed by atoms with van der Waals surface area (Å²) in [5.41, 5.74) is 2.47. The molecule has 4 heteroatoms. The molecule has 2 aromatic carbocycles. The maximum Gasteiger partial charge on any atom is 0.117 e. The maximum absolute atomic E-state index is 10.3. The van der Waals surface area contributed by atoms with Crippen molar-refractivity contribution in [3.63, 3.8) is 0 Å². The molecular weight excluding hydrogens is 228 g/mol. The molecule has 18 heavy (non-hydrogen) atoms. The summed E-state index contributed by atoms with van der Waals surface area (Å²) < 4.78 is 0. The van der Waals surface area contributed by atoms with Gasteiger partial charge in [-0.1, -0.05) is 18.2 Å². The van der Waals surface area contributed by atoms with Crippen molar-refractivity contribution < 1.29 is 5.11 Å². The van der Waals surface area contributed by atoms with Crippen molar-refractivity contribution in [3.8, 4) is 5.75 Å². The number of phenols is 1. The molecular formula is C14H14N2O2. The van der Waals surface area contributed by atoms with Crippen LogP contribution in [0, 0.1) is 4.91 Å². The van der Waals surface area contributed by atoms with Gasteiger partial charge in [0.2, 0.25) is 0 Å². The molecule has 0 heterocycles. The van der Waals surface area contributed by atoms with E-state index in [4.69, 9.17) is 0 Å². The van der Waals surface area contributed by atoms with Gasteiger partial charge in [-0.3, -0.25) is 0 Å². The number of nitrogens with one attached hydrogen (secondary N) is 1. The van der Waals surface area contributed by atoms with Crippen molar-refractivity contribution >= 4 is 11.4 Å². The molecule has 0 aromatic heterocycles. The minimum atomic E-state index is 0.251. The van der Waals surface area contributed by atoms with Crippen molar-refractivity contribution in [2.75, 3.05) is 11.9 Å². The predicted octanol–water partition coefficient (Wildman–Crippen LogP) is 3.44. The zero-order valence-electron chi connectivity index (χ0n) is 9.84. The molecule has 0 atom stereocenters. The molecule has 0 aliphatic carbocycles. The Hall–Kier alpha value is -2.36. The number of aromatic hydroxyl groups is 1. The molecule has 0 saturated heterocycles. The summed E-state index contributed by atoms with van der Waals surface area (Å²) in [6.45, 7) is 0.761. The molecule has 0 fully saturated rings. The number of nitroso groups, excluding NO2 is 1. The molecule has 2 rings (SSSR count). The van der Waals surface area contributed by atoms with Crippen LogP contribution in [0.2, 0.25) is 0 Å². The van der Waals surface area contributed by atoms with Gasteiger partial charge in [0.05, 0.1) is 0 Å². The lowest BCUT2D eigenvalue weighted by Gasteiger charge is -2.06. The Morgan fingerprint density at radius 3 is 2.56 bits per heavy atom. The number of hydrogen-bond acceptors (Lipinski definition) is 4. The quantitative estimate of drug-likeness (QED) is 0.789. The Bertz CT molecular complexity index is 524. The molecule has 0 aliphatic rings. The van der Waals surface area contributed by atoms with Gasteiger partial charge in [0.25, 0.3) is 0 Å². The first-order valence-electron chi connectivity index (χ1n) is 5.73. The van der Waals surface area contributed by atoms with E-state index in [1.165, 1.54) is 0 Å². The van der Waals surface area contributed by atoms with Crippen LogP contribution < -0.4 is 5.32 Å². The van der Waals surface area contributed by atoms with E-state index in [0.29, 0.717) is 5.69 Å². The van der Waals surface area contributed by atoms with E-state index in [1.807, 2.05) is 18.2 Å². The predicted molar refractivity (Wildman–Crippen MR) is 72.2 cm³/mol. The van der Waals surface area contributed by atoms with Gasteiger partial charge in [-0.15, -0.1) is 4.91 Å². The fourth-order valence-corrected chi connectivity index (χ4v) is 1.69. The summed E-state index contributed by atoms with van der Waals surface area (Å²) in [4.78, 5) is 10.3. The highest BCUT2D eigenvalue weighted by molar-refractivity contribution is 5.47. The fourth-order valence-electron chi connectivity index (χ4n) is 1.69. The smallest absolute Gasteiger partial charge is 0.117 e. The molecule has 0 unspecified atom stereocenters. The van der Waals surface area contributed by atoms with Crippen LogP contribution in [0.15, 0.2) is 53.7 Å². The van der Waals surface area contributed by atoms with Crippen LogP contribution in [0.3, 0.4) is 0 Å². The van der Waals surface area contributed by atoms with E-state index in [0.717, 1.165) is 24.2 Å². The van der Waals surface area contributed by atoms with Crippen LogP contribution in [0.25, 0.3) is 0 Å². The number of hydrogen-bond donors (Lipinski definition) is 2. The van der Waals surface area contributed by atoms with Gasteiger partial charge in [0, 0.05) is 18.3 Å². The lowest BCUT2D eigenvalue weighted by Crippen LogP contribution is -2.04. The van der Waals surface area contributed by atoms with Crippen LogP contribution in [0.5, 0.6) is 5.75 Å². The van der Waals surface area contributed by atoms with Crippen LogP contribution in [0.1, 0.15) is 5.56 Å². The minimum absolute atomic E-state index is 0.251. The summed E-state index contributed by atoms with van der Waals surface area (Å²) in [5, 5.41) is 15.4. The Labute approximate surface area is 105 Å². The molecule has 4 nitrogen and oxygen atoms in total. The van der Waals surface area contributed by atoms with Crippen LogP contribution in [0.4, 0.5) is 11.4 Å². The van der Waals surface area contributed by atoms with Gasteiger partial charge in [0.15, 0.2) is 0 Å². The Morgan fingerprint density at radius 2 is 1.89 bits per heavy atom. The minimum Gasteiger partial charge on any atom is -0.508 e. The van der Waals surface area contributed by atoms with Crippen LogP contribution in [-0.2, 0) is 6.42 Å². The first-order valence-corrected chi connectivity index (χ1v) is 5.73. The standard InChI is InChI=1S/C14H14N2O2/c17-14-3-1-2-13(10-14)15-9-8-11-4-6-12(16-18)7-5-11/h1-7,10,15,17H,8-9H2. The summed E-state index contributed by atoms with van der Waals surface area (Å²) in [6.07, 6.45) is 0.842. The van der Waals surface area contributed by atoms with Crippen molar-refractivity contribution in [3.05, 3.63) is 59.0 Å². The van der Waals surface area contributed by atoms with Crippen molar-refractivity contribution in [2.24, 2.45) is 5.18 Å². The van der Waals surface area contributed by atoms with E-state index in [1.54, 1.807) is 30.3 Å². The van der Waals surface area contributed by atoms with E-state index in [-0.39, 0.29) is 5.75 Å². The normalized spacial score (nSPS) is 10.0. The highest BCUT2D eigenvalue weighted by Gasteiger charge is 1.96. The molecule has 2 N–H and O–H groups in total. The third-order valence-electron chi connectivity index (χ3n) is 2.63. The second-order valence-corrected chi connectivity index (χ2v) is 3.98. The summed E-state index contributed by atoms with van der Waals surface area (Å²) in [6, 6.07) is 14.2. The topological polar surface area (TPSA) is 61.7 Å². The molecule has 92 valence electrons. The molecule has 0 spiro atoms. The second kappa shape index (κ2) is 5.82. The largest absolute Gasteiger partial charge is 0.508 e. The average molecular weight is 242 g/mol. The zero-order chi connectivity index (χ0) is 12.8. The Morgan fingerprint density at radius 1 is 1.11 bits per heavy atom. The summed E-state index contributed by atoms with van der Waals surface area (Å²) in [5.74, 6) is 0.251. The van der Waals surface area contributed by atoms with Crippen LogP contribution in [-0.4, -0.2) is 11.7 Å². The number of rotatable bonds is 5. The highest BCUT2D eigenvalue weighted by atomic mass is 16.3. The lowest BCUT2D eigenvalue weighted by molar-refractivity contribution is 0.475. The van der Waals surface area contributed by atoms with Gasteiger partial charge in [-0.05, 0) is 41.4 Å². The van der Waals surface area contributed by atoms with E-state index < -0.39 is 0 Å². The number of benzene rings is 2. The first-order chi connectivity index (χ1) is 8.78. The Kier molecular flexibility index (Phi) is 3.91. The highest BCUT2D eigenvalue weighted by Crippen LogP contribution is 2.16. The molecule has 0 amide bonds.